The summed E-state index contributed by atoms with van der Waals surface area (Å²) >= 11 is 1.39. The minimum atomic E-state index is -0.349. The summed E-state index contributed by atoms with van der Waals surface area (Å²) in [4.78, 5) is 33.7. The van der Waals surface area contributed by atoms with E-state index in [1.165, 1.54) is 23.5 Å². The summed E-state index contributed by atoms with van der Waals surface area (Å²) in [5.74, 6) is -0.228. The van der Waals surface area contributed by atoms with Crippen LogP contribution in [0.3, 0.4) is 0 Å². The number of benzene rings is 2. The SMILES string of the molecule is Cc1nc(C(=O)N2C(CNC(=O)c3cccc4occc34)CC3CC32)c(-c2cccc(F)c2)s1. The number of piperidine rings is 1. The summed E-state index contributed by atoms with van der Waals surface area (Å²) in [7, 11) is 0. The summed E-state index contributed by atoms with van der Waals surface area (Å²) in [5.41, 5.74) is 2.23. The molecule has 1 saturated carbocycles. The number of hydrogen-bond acceptors (Lipinski definition) is 5. The largest absolute Gasteiger partial charge is 0.464 e. The van der Waals surface area contributed by atoms with Gasteiger partial charge < -0.3 is 14.6 Å². The molecule has 3 unspecified atom stereocenters. The number of nitrogens with one attached hydrogen (secondary N) is 1. The van der Waals surface area contributed by atoms with Crippen LogP contribution in [0.5, 0.6) is 0 Å². The molecule has 4 aromatic rings. The van der Waals surface area contributed by atoms with Gasteiger partial charge in [-0.3, -0.25) is 9.59 Å². The Labute approximate surface area is 199 Å². The van der Waals surface area contributed by atoms with Crippen LogP contribution in [-0.4, -0.2) is 40.3 Å². The third kappa shape index (κ3) is 3.58. The van der Waals surface area contributed by atoms with Gasteiger partial charge in [-0.15, -0.1) is 11.3 Å². The molecule has 3 atom stereocenters. The maximum atomic E-state index is 13.9. The summed E-state index contributed by atoms with van der Waals surface area (Å²) in [6.07, 6.45) is 3.40. The average molecular weight is 476 g/mol. The second-order valence-corrected chi connectivity index (χ2v) is 10.1. The van der Waals surface area contributed by atoms with Crippen molar-refractivity contribution in [1.29, 1.82) is 0 Å². The van der Waals surface area contributed by atoms with Gasteiger partial charge in [0.15, 0.2) is 0 Å². The Bertz CT molecular complexity index is 1430. The molecule has 2 amide bonds. The lowest BCUT2D eigenvalue weighted by Crippen LogP contribution is -2.45. The van der Waals surface area contributed by atoms with E-state index in [1.54, 1.807) is 36.6 Å². The smallest absolute Gasteiger partial charge is 0.274 e. The first-order valence-corrected chi connectivity index (χ1v) is 12.1. The van der Waals surface area contributed by atoms with Gasteiger partial charge in [-0.05, 0) is 61.6 Å². The number of nitrogens with zero attached hydrogens (tertiary/aromatic N) is 2. The Morgan fingerprint density at radius 1 is 1.21 bits per heavy atom. The van der Waals surface area contributed by atoms with Crippen LogP contribution in [0, 0.1) is 18.7 Å². The van der Waals surface area contributed by atoms with Crippen molar-refractivity contribution in [2.75, 3.05) is 6.54 Å². The topological polar surface area (TPSA) is 75.4 Å². The highest BCUT2D eigenvalue weighted by molar-refractivity contribution is 7.15. The number of halogens is 1. The monoisotopic (exact) mass is 475 g/mol. The lowest BCUT2D eigenvalue weighted by Gasteiger charge is -2.27. The predicted octanol–water partition coefficient (Wildman–Crippen LogP) is 5.04. The van der Waals surface area contributed by atoms with Crippen LogP contribution >= 0.6 is 11.3 Å². The number of thiazole rings is 1. The molecule has 1 saturated heterocycles. The number of likely N-dealkylation sites (tertiary alicyclic amines) is 1. The number of aromatic nitrogens is 1. The lowest BCUT2D eigenvalue weighted by molar-refractivity contribution is 0.0684. The van der Waals surface area contributed by atoms with Crippen LogP contribution in [0.25, 0.3) is 21.4 Å². The minimum absolute atomic E-state index is 0.105. The fourth-order valence-corrected chi connectivity index (χ4v) is 5.98. The molecule has 3 heterocycles. The first-order valence-electron chi connectivity index (χ1n) is 11.3. The number of amides is 2. The van der Waals surface area contributed by atoms with E-state index < -0.39 is 0 Å². The van der Waals surface area contributed by atoms with E-state index in [-0.39, 0.29) is 29.7 Å². The number of aryl methyl sites for hydroxylation is 1. The average Bonchev–Trinajstić information content (AvgIpc) is 3.18. The Morgan fingerprint density at radius 3 is 2.91 bits per heavy atom. The highest BCUT2D eigenvalue weighted by atomic mass is 32.1. The maximum Gasteiger partial charge on any atom is 0.274 e. The molecule has 1 aliphatic carbocycles. The van der Waals surface area contributed by atoms with Gasteiger partial charge in [-0.2, -0.15) is 0 Å². The Morgan fingerprint density at radius 2 is 2.06 bits per heavy atom. The van der Waals surface area contributed by atoms with Crippen LogP contribution in [-0.2, 0) is 0 Å². The molecule has 2 aliphatic rings. The molecule has 1 aliphatic heterocycles. The molecule has 6 nitrogen and oxygen atoms in total. The molecule has 2 fully saturated rings. The van der Waals surface area contributed by atoms with Gasteiger partial charge in [-0.1, -0.05) is 18.2 Å². The fraction of sp³-hybridized carbons (Fsp3) is 0.269. The highest BCUT2D eigenvalue weighted by Gasteiger charge is 2.54. The Kier molecular flexibility index (Phi) is 4.99. The first-order chi connectivity index (χ1) is 16.5. The van der Waals surface area contributed by atoms with Crippen molar-refractivity contribution in [3.63, 3.8) is 0 Å². The number of carbonyl (C=O) groups is 2. The third-order valence-electron chi connectivity index (χ3n) is 6.71. The Hall–Kier alpha value is -3.52. The van der Waals surface area contributed by atoms with E-state index in [0.29, 0.717) is 39.7 Å². The molecule has 1 N–H and O–H groups in total. The van der Waals surface area contributed by atoms with Crippen molar-refractivity contribution in [2.45, 2.75) is 31.8 Å². The Balaban J connectivity index is 1.23. The number of carbonyl (C=O) groups excluding carboxylic acids is 2. The van der Waals surface area contributed by atoms with Gasteiger partial charge in [0.1, 0.15) is 17.1 Å². The molecule has 2 aromatic heterocycles. The van der Waals surface area contributed by atoms with Crippen LogP contribution < -0.4 is 5.32 Å². The van der Waals surface area contributed by atoms with Crippen molar-refractivity contribution in [2.24, 2.45) is 5.92 Å². The zero-order valence-corrected chi connectivity index (χ0v) is 19.3. The van der Waals surface area contributed by atoms with Gasteiger partial charge in [0.2, 0.25) is 0 Å². The second-order valence-electron chi connectivity index (χ2n) is 8.93. The van der Waals surface area contributed by atoms with Crippen molar-refractivity contribution in [3.05, 3.63) is 76.9 Å². The van der Waals surface area contributed by atoms with Gasteiger partial charge in [0, 0.05) is 18.0 Å². The highest BCUT2D eigenvalue weighted by Crippen LogP contribution is 2.48. The molecule has 0 bridgehead atoms. The van der Waals surface area contributed by atoms with Crippen LogP contribution in [0.15, 0.2) is 59.2 Å². The van der Waals surface area contributed by atoms with E-state index in [4.69, 9.17) is 4.42 Å². The van der Waals surface area contributed by atoms with Gasteiger partial charge in [0.25, 0.3) is 11.8 Å². The van der Waals surface area contributed by atoms with E-state index in [9.17, 15) is 14.0 Å². The number of furan rings is 1. The first kappa shape index (κ1) is 21.0. The molecule has 0 spiro atoms. The van der Waals surface area contributed by atoms with Crippen LogP contribution in [0.2, 0.25) is 0 Å². The van der Waals surface area contributed by atoms with Crippen LogP contribution in [0.1, 0.15) is 38.7 Å². The van der Waals surface area contributed by atoms with Gasteiger partial charge in [-0.25, -0.2) is 9.37 Å². The van der Waals surface area contributed by atoms with Gasteiger partial charge in [0.05, 0.1) is 27.8 Å². The molecule has 6 rings (SSSR count). The molecule has 2 aromatic carbocycles. The van der Waals surface area contributed by atoms with Crippen molar-refractivity contribution in [1.82, 2.24) is 15.2 Å². The zero-order chi connectivity index (χ0) is 23.4. The molecule has 0 radical (unpaired) electrons. The molecule has 172 valence electrons. The fourth-order valence-electron chi connectivity index (χ4n) is 5.08. The molecule has 8 heteroatoms. The zero-order valence-electron chi connectivity index (χ0n) is 18.5. The summed E-state index contributed by atoms with van der Waals surface area (Å²) in [6.45, 7) is 2.21. The number of hydrogen-bond donors (Lipinski definition) is 1. The second kappa shape index (κ2) is 8.06. The van der Waals surface area contributed by atoms with Gasteiger partial charge >= 0.3 is 0 Å². The minimum Gasteiger partial charge on any atom is -0.464 e. The van der Waals surface area contributed by atoms with Crippen molar-refractivity contribution >= 4 is 34.1 Å². The quantitative estimate of drug-likeness (QED) is 0.439. The summed E-state index contributed by atoms with van der Waals surface area (Å²) in [5, 5.41) is 4.54. The van der Waals surface area contributed by atoms with Crippen LogP contribution in [0.4, 0.5) is 4.39 Å². The third-order valence-corrected chi connectivity index (χ3v) is 7.73. The number of fused-ring (bicyclic) bond motifs is 2. The van der Waals surface area contributed by atoms with E-state index in [1.807, 2.05) is 17.9 Å². The summed E-state index contributed by atoms with van der Waals surface area (Å²) in [6, 6.07) is 13.5. The molecular weight excluding hydrogens is 453 g/mol. The van der Waals surface area contributed by atoms with Crippen molar-refractivity contribution < 1.29 is 18.4 Å². The molecule has 34 heavy (non-hydrogen) atoms. The molecular formula is C26H22FN3O3S. The predicted molar refractivity (Wildman–Crippen MR) is 127 cm³/mol. The normalized spacial score (nSPS) is 21.0. The number of rotatable bonds is 5. The maximum absolute atomic E-state index is 13.9. The van der Waals surface area contributed by atoms with Crippen molar-refractivity contribution in [3.8, 4) is 10.4 Å². The van der Waals surface area contributed by atoms with E-state index in [0.717, 1.165) is 23.2 Å². The summed E-state index contributed by atoms with van der Waals surface area (Å²) < 4.78 is 19.3. The van der Waals surface area contributed by atoms with E-state index in [2.05, 4.69) is 10.3 Å². The van der Waals surface area contributed by atoms with E-state index >= 15 is 0 Å². The standard InChI is InChI=1S/C26H22FN3O3S/c1-14-29-23(24(34-14)15-4-2-5-17(27)10-15)26(32)30-18(11-16-12-21(16)30)13-28-25(31)20-6-3-7-22-19(20)8-9-33-22/h2-10,16,18,21H,11-13H2,1H3,(H,28,31). The lowest BCUT2D eigenvalue weighted by atomic mass is 10.1.